The molecule has 0 amide bonds. The Hall–Kier alpha value is -1.16. The van der Waals surface area contributed by atoms with Gasteiger partial charge in [-0.2, -0.15) is 16.8 Å². The topological polar surface area (TPSA) is 121 Å². The molecule has 0 heterocycles. The number of carbonyl (C=O) groups excluding carboxylic acids is 2. The zero-order chi connectivity index (χ0) is 17.6. The normalized spacial score (nSPS) is 12.5. The van der Waals surface area contributed by atoms with E-state index in [-0.39, 0.29) is 12.8 Å². The van der Waals surface area contributed by atoms with Crippen molar-refractivity contribution in [1.29, 1.82) is 0 Å². The second-order valence-corrected chi connectivity index (χ2v) is 8.73. The number of unbranched alkanes of at least 4 members (excludes halogenated alkanes) is 1. The SMILES string of the molecule is CC(C)C(=O)OS(=O)(=O)CCCCS(=O)(=O)OC(=O)C(C)C. The molecular formula is C12H22O8S2. The van der Waals surface area contributed by atoms with E-state index < -0.39 is 55.5 Å². The Morgan fingerprint density at radius 3 is 1.23 bits per heavy atom. The van der Waals surface area contributed by atoms with Crippen LogP contribution in [0.5, 0.6) is 0 Å². The van der Waals surface area contributed by atoms with Gasteiger partial charge in [-0.25, -0.2) is 0 Å². The highest BCUT2D eigenvalue weighted by Crippen LogP contribution is 2.08. The van der Waals surface area contributed by atoms with Gasteiger partial charge in [0, 0.05) is 0 Å². The van der Waals surface area contributed by atoms with E-state index in [1.165, 1.54) is 27.7 Å². The second kappa shape index (κ2) is 8.47. The zero-order valence-corrected chi connectivity index (χ0v) is 14.7. The van der Waals surface area contributed by atoms with Crippen molar-refractivity contribution in [3.8, 4) is 0 Å². The monoisotopic (exact) mass is 358 g/mol. The minimum atomic E-state index is -4.03. The molecule has 130 valence electrons. The Morgan fingerprint density at radius 1 is 0.727 bits per heavy atom. The third kappa shape index (κ3) is 8.98. The summed E-state index contributed by atoms with van der Waals surface area (Å²) in [5.41, 5.74) is 0. The molecular weight excluding hydrogens is 336 g/mol. The average molecular weight is 358 g/mol. The van der Waals surface area contributed by atoms with Gasteiger partial charge < -0.3 is 8.37 Å². The molecule has 0 aromatic carbocycles. The van der Waals surface area contributed by atoms with Crippen LogP contribution in [0.1, 0.15) is 40.5 Å². The van der Waals surface area contributed by atoms with Gasteiger partial charge in [-0.3, -0.25) is 9.59 Å². The van der Waals surface area contributed by atoms with Crippen molar-refractivity contribution >= 4 is 32.2 Å². The van der Waals surface area contributed by atoms with Crippen LogP contribution in [-0.2, 0) is 38.2 Å². The van der Waals surface area contributed by atoms with Gasteiger partial charge >= 0.3 is 32.2 Å². The molecule has 0 atom stereocenters. The largest absolute Gasteiger partial charge is 0.345 e. The smallest absolute Gasteiger partial charge is 0.324 e. The van der Waals surface area contributed by atoms with E-state index in [0.29, 0.717) is 0 Å². The Labute approximate surface area is 131 Å². The summed E-state index contributed by atoms with van der Waals surface area (Å²) in [5, 5.41) is 0. The molecule has 0 radical (unpaired) electrons. The van der Waals surface area contributed by atoms with Crippen LogP contribution >= 0.6 is 0 Å². The highest BCUT2D eigenvalue weighted by atomic mass is 32.2. The predicted molar refractivity (Wildman–Crippen MR) is 78.7 cm³/mol. The summed E-state index contributed by atoms with van der Waals surface area (Å²) in [6.45, 7) is 5.97. The fraction of sp³-hybridized carbons (Fsp3) is 0.833. The number of hydrogen-bond acceptors (Lipinski definition) is 8. The summed E-state index contributed by atoms with van der Waals surface area (Å²) in [6, 6.07) is 0. The van der Waals surface area contributed by atoms with Crippen molar-refractivity contribution in [3.05, 3.63) is 0 Å². The molecule has 0 unspecified atom stereocenters. The van der Waals surface area contributed by atoms with Gasteiger partial charge in [0.2, 0.25) is 0 Å². The fourth-order valence-electron chi connectivity index (χ4n) is 1.08. The van der Waals surface area contributed by atoms with Crippen LogP contribution in [0.2, 0.25) is 0 Å². The molecule has 0 aromatic heterocycles. The minimum Gasteiger partial charge on any atom is -0.345 e. The molecule has 0 saturated carbocycles. The standard InChI is InChI=1S/C12H22O8S2/c1-9(2)11(13)19-21(15,16)7-5-6-8-22(17,18)20-12(14)10(3)4/h9-10H,5-8H2,1-4H3. The van der Waals surface area contributed by atoms with Crippen molar-refractivity contribution in [3.63, 3.8) is 0 Å². The molecule has 0 aliphatic rings. The van der Waals surface area contributed by atoms with E-state index in [9.17, 15) is 26.4 Å². The maximum Gasteiger partial charge on any atom is 0.324 e. The molecule has 0 aliphatic carbocycles. The van der Waals surface area contributed by atoms with Crippen molar-refractivity contribution in [2.75, 3.05) is 11.5 Å². The van der Waals surface area contributed by atoms with E-state index >= 15 is 0 Å². The van der Waals surface area contributed by atoms with Crippen molar-refractivity contribution in [2.24, 2.45) is 11.8 Å². The summed E-state index contributed by atoms with van der Waals surface area (Å²) in [7, 11) is -8.06. The van der Waals surface area contributed by atoms with Crippen LogP contribution in [0.15, 0.2) is 0 Å². The lowest BCUT2D eigenvalue weighted by atomic mass is 10.2. The molecule has 8 nitrogen and oxygen atoms in total. The summed E-state index contributed by atoms with van der Waals surface area (Å²) >= 11 is 0. The summed E-state index contributed by atoms with van der Waals surface area (Å²) in [5.74, 6) is -3.86. The van der Waals surface area contributed by atoms with Crippen LogP contribution in [0.25, 0.3) is 0 Å². The Bertz CT molecular complexity index is 533. The molecule has 0 aromatic rings. The van der Waals surface area contributed by atoms with Crippen LogP contribution in [-0.4, -0.2) is 40.3 Å². The highest BCUT2D eigenvalue weighted by molar-refractivity contribution is 7.87. The lowest BCUT2D eigenvalue weighted by Crippen LogP contribution is -2.21. The van der Waals surface area contributed by atoms with Gasteiger partial charge in [0.1, 0.15) is 0 Å². The van der Waals surface area contributed by atoms with Gasteiger partial charge in [-0.1, -0.05) is 27.7 Å². The third-order valence-electron chi connectivity index (χ3n) is 2.40. The molecule has 22 heavy (non-hydrogen) atoms. The highest BCUT2D eigenvalue weighted by Gasteiger charge is 2.22. The summed E-state index contributed by atoms with van der Waals surface area (Å²) in [4.78, 5) is 22.4. The maximum atomic E-state index is 11.5. The third-order valence-corrected chi connectivity index (χ3v) is 4.81. The van der Waals surface area contributed by atoms with E-state index in [2.05, 4.69) is 8.37 Å². The molecule has 0 bridgehead atoms. The van der Waals surface area contributed by atoms with Crippen molar-refractivity contribution < 1.29 is 34.8 Å². The lowest BCUT2D eigenvalue weighted by Gasteiger charge is -2.08. The Morgan fingerprint density at radius 2 is 1.00 bits per heavy atom. The fourth-order valence-corrected chi connectivity index (χ4v) is 3.25. The predicted octanol–water partition coefficient (Wildman–Crippen LogP) is 0.825. The van der Waals surface area contributed by atoms with Crippen LogP contribution in [0.3, 0.4) is 0 Å². The number of rotatable bonds is 9. The van der Waals surface area contributed by atoms with E-state index in [0.717, 1.165) is 0 Å². The lowest BCUT2D eigenvalue weighted by molar-refractivity contribution is -0.138. The maximum absolute atomic E-state index is 11.5. The average Bonchev–Trinajstić information content (AvgIpc) is 2.33. The Kier molecular flexibility index (Phi) is 8.02. The second-order valence-electron chi connectivity index (χ2n) is 5.34. The Balaban J connectivity index is 4.27. The van der Waals surface area contributed by atoms with E-state index in [1.807, 2.05) is 0 Å². The minimum absolute atomic E-state index is 0.0355. The van der Waals surface area contributed by atoms with Gasteiger partial charge in [0.15, 0.2) is 0 Å². The van der Waals surface area contributed by atoms with Crippen molar-refractivity contribution in [2.45, 2.75) is 40.5 Å². The number of carbonyl (C=O) groups is 2. The molecule has 0 rings (SSSR count). The first kappa shape index (κ1) is 20.8. The van der Waals surface area contributed by atoms with Crippen LogP contribution in [0, 0.1) is 11.8 Å². The quantitative estimate of drug-likeness (QED) is 0.439. The first-order valence-electron chi connectivity index (χ1n) is 6.78. The van der Waals surface area contributed by atoms with Crippen LogP contribution in [0.4, 0.5) is 0 Å². The number of hydrogen-bond donors (Lipinski definition) is 0. The molecule has 0 saturated heterocycles. The molecule has 0 fully saturated rings. The summed E-state index contributed by atoms with van der Waals surface area (Å²) in [6.07, 6.45) is -0.0711. The first-order valence-corrected chi connectivity index (χ1v) is 9.94. The van der Waals surface area contributed by atoms with E-state index in [4.69, 9.17) is 0 Å². The van der Waals surface area contributed by atoms with Crippen LogP contribution < -0.4 is 0 Å². The molecule has 10 heteroatoms. The van der Waals surface area contributed by atoms with Gasteiger partial charge in [-0.05, 0) is 12.8 Å². The van der Waals surface area contributed by atoms with Gasteiger partial charge in [0.25, 0.3) is 0 Å². The summed E-state index contributed by atoms with van der Waals surface area (Å²) < 4.78 is 54.5. The molecule has 0 aliphatic heterocycles. The molecule has 0 spiro atoms. The zero-order valence-electron chi connectivity index (χ0n) is 13.1. The van der Waals surface area contributed by atoms with Gasteiger partial charge in [-0.15, -0.1) is 0 Å². The van der Waals surface area contributed by atoms with E-state index in [1.54, 1.807) is 0 Å². The first-order chi connectivity index (χ1) is 9.86. The van der Waals surface area contributed by atoms with Crippen molar-refractivity contribution in [1.82, 2.24) is 0 Å². The van der Waals surface area contributed by atoms with Gasteiger partial charge in [0.05, 0.1) is 23.3 Å². The molecule has 0 N–H and O–H groups in total.